The fourth-order valence-electron chi connectivity index (χ4n) is 1.99. The highest BCUT2D eigenvalue weighted by Crippen LogP contribution is 2.05. The highest BCUT2D eigenvalue weighted by Gasteiger charge is 2.00. The molecule has 0 heterocycles. The van der Waals surface area contributed by atoms with Gasteiger partial charge in [-0.25, -0.2) is 4.79 Å². The van der Waals surface area contributed by atoms with E-state index in [2.05, 4.69) is 17.2 Å². The van der Waals surface area contributed by atoms with Crippen LogP contribution in [-0.2, 0) is 16.1 Å². The molecule has 4 heteroatoms. The molecule has 0 aliphatic heterocycles. The molecule has 0 radical (unpaired) electrons. The van der Waals surface area contributed by atoms with Crippen LogP contribution in [0.3, 0.4) is 0 Å². The van der Waals surface area contributed by atoms with Crippen LogP contribution in [0.2, 0.25) is 0 Å². The summed E-state index contributed by atoms with van der Waals surface area (Å²) in [5.41, 5.74) is 2.78. The Hall–Kier alpha value is -3.32. The van der Waals surface area contributed by atoms with Crippen molar-refractivity contribution in [1.29, 1.82) is 0 Å². The van der Waals surface area contributed by atoms with Crippen molar-refractivity contribution in [3.05, 3.63) is 77.4 Å². The smallest absolute Gasteiger partial charge is 0.407 e. The Morgan fingerprint density at radius 2 is 1.84 bits per heavy atom. The number of ether oxygens (including phenoxy) is 1. The largest absolute Gasteiger partial charge is 0.445 e. The third-order valence-electron chi connectivity index (χ3n) is 3.24. The van der Waals surface area contributed by atoms with Gasteiger partial charge in [-0.3, -0.25) is 4.79 Å². The molecule has 0 atom stereocenters. The normalized spacial score (nSPS) is 9.92. The lowest BCUT2D eigenvalue weighted by Crippen LogP contribution is -2.24. The maximum absolute atomic E-state index is 11.6. The molecule has 25 heavy (non-hydrogen) atoms. The number of benzene rings is 2. The van der Waals surface area contributed by atoms with Crippen molar-refractivity contribution in [2.75, 3.05) is 6.54 Å². The molecule has 1 N–H and O–H groups in total. The molecule has 1 amide bonds. The number of nitrogens with one attached hydrogen (secondary N) is 1. The maximum atomic E-state index is 11.6. The van der Waals surface area contributed by atoms with Crippen LogP contribution in [0.1, 0.15) is 23.1 Å². The lowest BCUT2D eigenvalue weighted by Gasteiger charge is -2.05. The summed E-state index contributed by atoms with van der Waals surface area (Å²) in [7, 11) is 0. The fraction of sp³-hybridized carbons (Fsp3) is 0.143. The van der Waals surface area contributed by atoms with Crippen LogP contribution >= 0.6 is 0 Å². The molecule has 0 aromatic heterocycles. The van der Waals surface area contributed by atoms with Crippen molar-refractivity contribution in [3.63, 3.8) is 0 Å². The van der Waals surface area contributed by atoms with E-state index in [1.165, 1.54) is 6.08 Å². The summed E-state index contributed by atoms with van der Waals surface area (Å²) in [4.78, 5) is 21.8. The summed E-state index contributed by atoms with van der Waals surface area (Å²) in [5, 5.41) is 2.67. The van der Waals surface area contributed by atoms with E-state index < -0.39 is 6.09 Å². The van der Waals surface area contributed by atoms with Crippen molar-refractivity contribution in [1.82, 2.24) is 5.32 Å². The Balaban J connectivity index is 1.67. The summed E-state index contributed by atoms with van der Waals surface area (Å²) < 4.78 is 5.11. The zero-order chi connectivity index (χ0) is 17.7. The van der Waals surface area contributed by atoms with E-state index in [0.717, 1.165) is 23.0 Å². The van der Waals surface area contributed by atoms with Gasteiger partial charge in [-0.15, -0.1) is 0 Å². The minimum absolute atomic E-state index is 0.253. The van der Waals surface area contributed by atoms with E-state index in [0.29, 0.717) is 13.0 Å². The first-order chi connectivity index (χ1) is 12.3. The van der Waals surface area contributed by atoms with Gasteiger partial charge in [-0.1, -0.05) is 60.4 Å². The van der Waals surface area contributed by atoms with Gasteiger partial charge < -0.3 is 10.1 Å². The zero-order valence-electron chi connectivity index (χ0n) is 13.8. The Morgan fingerprint density at radius 3 is 2.56 bits per heavy atom. The molecule has 0 fully saturated rings. The van der Waals surface area contributed by atoms with E-state index in [1.807, 2.05) is 54.6 Å². The van der Waals surface area contributed by atoms with Crippen molar-refractivity contribution in [3.8, 4) is 11.8 Å². The van der Waals surface area contributed by atoms with Gasteiger partial charge in [0.25, 0.3) is 0 Å². The zero-order valence-corrected chi connectivity index (χ0v) is 13.8. The lowest BCUT2D eigenvalue weighted by molar-refractivity contribution is -0.104. The van der Waals surface area contributed by atoms with E-state index in [1.54, 1.807) is 6.08 Å². The topological polar surface area (TPSA) is 55.4 Å². The molecule has 0 aliphatic rings. The highest BCUT2D eigenvalue weighted by atomic mass is 16.5. The van der Waals surface area contributed by atoms with Crippen LogP contribution < -0.4 is 5.32 Å². The van der Waals surface area contributed by atoms with Crippen molar-refractivity contribution < 1.29 is 14.3 Å². The molecule has 0 bridgehead atoms. The Bertz CT molecular complexity index is 768. The molecule has 0 spiro atoms. The minimum Gasteiger partial charge on any atom is -0.445 e. The molecule has 126 valence electrons. The molecule has 2 aromatic rings. The standard InChI is InChI=1S/C21H19NO3/c23-16-6-10-19-13-11-18(12-14-19)7-4-5-15-22-21(24)25-17-20-8-2-1-3-9-20/h1-3,6,8-14,16H,5,15,17H2,(H,22,24)/b10-6+. The van der Waals surface area contributed by atoms with Crippen LogP contribution in [-0.4, -0.2) is 18.9 Å². The molecule has 0 aliphatic carbocycles. The number of carbonyl (C=O) groups excluding carboxylic acids is 2. The number of amides is 1. The fourth-order valence-corrected chi connectivity index (χ4v) is 1.99. The van der Waals surface area contributed by atoms with Crippen LogP contribution in [0, 0.1) is 11.8 Å². The molecule has 4 nitrogen and oxygen atoms in total. The van der Waals surface area contributed by atoms with Crippen LogP contribution in [0.25, 0.3) is 6.08 Å². The third-order valence-corrected chi connectivity index (χ3v) is 3.24. The van der Waals surface area contributed by atoms with Crippen LogP contribution in [0.15, 0.2) is 60.7 Å². The SMILES string of the molecule is O=C/C=C/c1ccc(C#CCCNC(=O)OCc2ccccc2)cc1. The van der Waals surface area contributed by atoms with E-state index >= 15 is 0 Å². The number of allylic oxidation sites excluding steroid dienone is 1. The second-order valence-electron chi connectivity index (χ2n) is 5.16. The maximum Gasteiger partial charge on any atom is 0.407 e. The molecule has 0 unspecified atom stereocenters. The van der Waals surface area contributed by atoms with Crippen molar-refractivity contribution in [2.24, 2.45) is 0 Å². The lowest BCUT2D eigenvalue weighted by atomic mass is 10.1. The van der Waals surface area contributed by atoms with Gasteiger partial charge in [0, 0.05) is 18.5 Å². The first-order valence-electron chi connectivity index (χ1n) is 7.93. The summed E-state index contributed by atoms with van der Waals surface area (Å²) in [6.07, 6.45) is 4.01. The number of alkyl carbamates (subject to hydrolysis) is 1. The molecule has 2 aromatic carbocycles. The van der Waals surface area contributed by atoms with Gasteiger partial charge in [-0.2, -0.15) is 0 Å². The monoisotopic (exact) mass is 333 g/mol. The van der Waals surface area contributed by atoms with Crippen LogP contribution in [0.5, 0.6) is 0 Å². The summed E-state index contributed by atoms with van der Waals surface area (Å²) in [5.74, 6) is 6.02. The Kier molecular flexibility index (Phi) is 7.54. The summed E-state index contributed by atoms with van der Waals surface area (Å²) >= 11 is 0. The van der Waals surface area contributed by atoms with Crippen LogP contribution in [0.4, 0.5) is 4.79 Å². The highest BCUT2D eigenvalue weighted by molar-refractivity contribution is 5.73. The van der Waals surface area contributed by atoms with Gasteiger partial charge in [0.1, 0.15) is 12.9 Å². The van der Waals surface area contributed by atoms with Gasteiger partial charge in [0.15, 0.2) is 0 Å². The predicted octanol–water partition coefficient (Wildman–Crippen LogP) is 3.57. The van der Waals surface area contributed by atoms with Gasteiger partial charge in [0.2, 0.25) is 0 Å². The number of hydrogen-bond acceptors (Lipinski definition) is 3. The van der Waals surface area contributed by atoms with Gasteiger partial charge in [-0.05, 0) is 29.3 Å². The molecular formula is C21H19NO3. The first-order valence-corrected chi connectivity index (χ1v) is 7.93. The third kappa shape index (κ3) is 7.19. The van der Waals surface area contributed by atoms with E-state index in [-0.39, 0.29) is 6.61 Å². The predicted molar refractivity (Wildman–Crippen MR) is 97.7 cm³/mol. The second-order valence-corrected chi connectivity index (χ2v) is 5.16. The number of hydrogen-bond donors (Lipinski definition) is 1. The molecule has 0 saturated carbocycles. The quantitative estimate of drug-likeness (QED) is 0.380. The van der Waals surface area contributed by atoms with Crippen molar-refractivity contribution >= 4 is 18.5 Å². The summed E-state index contributed by atoms with van der Waals surface area (Å²) in [6.45, 7) is 0.685. The molecule has 2 rings (SSSR count). The van der Waals surface area contributed by atoms with Gasteiger partial charge >= 0.3 is 6.09 Å². The average molecular weight is 333 g/mol. The van der Waals surface area contributed by atoms with E-state index in [9.17, 15) is 9.59 Å². The van der Waals surface area contributed by atoms with Crippen molar-refractivity contribution in [2.45, 2.75) is 13.0 Å². The second kappa shape index (κ2) is 10.5. The Morgan fingerprint density at radius 1 is 1.08 bits per heavy atom. The van der Waals surface area contributed by atoms with E-state index in [4.69, 9.17) is 4.74 Å². The first kappa shape index (κ1) is 18.0. The van der Waals surface area contributed by atoms with Gasteiger partial charge in [0.05, 0.1) is 0 Å². The summed E-state index contributed by atoms with van der Waals surface area (Å²) in [6, 6.07) is 17.1. The molecular weight excluding hydrogens is 314 g/mol. The molecule has 0 saturated heterocycles. The Labute approximate surface area is 147 Å². The number of rotatable bonds is 6. The number of aldehydes is 1. The minimum atomic E-state index is -0.447. The average Bonchev–Trinajstić information content (AvgIpc) is 2.66. The number of carbonyl (C=O) groups is 2.